The van der Waals surface area contributed by atoms with Gasteiger partial charge in [-0.3, -0.25) is 0 Å². The number of unbranched alkanes of at least 4 members (excludes halogenated alkanes) is 11. The topological polar surface area (TPSA) is 191 Å². The van der Waals surface area contributed by atoms with Crippen molar-refractivity contribution in [2.75, 3.05) is 27.7 Å². The molecule has 0 unspecified atom stereocenters. The normalized spacial score (nSPS) is 13.4. The number of aromatic nitrogens is 3. The molecule has 3 aliphatic heterocycles. The number of hydroxylamine groups is 6. The minimum atomic E-state index is -0.509. The molecule has 82 heavy (non-hydrogen) atoms. The van der Waals surface area contributed by atoms with Crippen LogP contribution in [-0.4, -0.2) is 129 Å². The van der Waals surface area contributed by atoms with Crippen molar-refractivity contribution < 1.29 is 33.5 Å². The molecular weight excluding hydrogens is 1030 g/mol. The third kappa shape index (κ3) is 22.1. The van der Waals surface area contributed by atoms with Crippen LogP contribution >= 0.6 is 0 Å². The molecule has 0 radical (unpaired) electrons. The molecule has 0 amide bonds. The molecule has 3 heterocycles. The number of aliphatic hydroxyl groups is 1. The molecule has 16 heteroatoms. The molecule has 3 aliphatic carbocycles. The van der Waals surface area contributed by atoms with Crippen molar-refractivity contribution in [3.8, 4) is 33.4 Å². The van der Waals surface area contributed by atoms with Gasteiger partial charge in [-0.15, -0.1) is 0 Å². The van der Waals surface area contributed by atoms with Crippen LogP contribution in [0.4, 0.5) is 0 Å². The lowest BCUT2D eigenvalue weighted by Crippen LogP contribution is -2.29. The third-order valence-electron chi connectivity index (χ3n) is 13.9. The first-order valence-electron chi connectivity index (χ1n) is 29.3. The van der Waals surface area contributed by atoms with Gasteiger partial charge in [-0.2, -0.15) is 0 Å². The van der Waals surface area contributed by atoms with E-state index < -0.39 is 16.6 Å². The van der Waals surface area contributed by atoms with Crippen molar-refractivity contribution >= 4 is 37.3 Å². The van der Waals surface area contributed by atoms with E-state index in [-0.39, 0.29) is 14.0 Å². The number of pyridine rings is 3. The van der Waals surface area contributed by atoms with Crippen LogP contribution in [0.2, 0.25) is 0 Å². The van der Waals surface area contributed by atoms with Gasteiger partial charge in [0.25, 0.3) is 0 Å². The van der Waals surface area contributed by atoms with Crippen LogP contribution in [0.15, 0.2) is 73.6 Å². The second-order valence-corrected chi connectivity index (χ2v) is 24.6. The first kappa shape index (κ1) is 69.3. The summed E-state index contributed by atoms with van der Waals surface area (Å²) in [5.74, 6) is 0. The predicted octanol–water partition coefficient (Wildman–Crippen LogP) is 13.8. The molecule has 6 rings (SSSR count). The lowest BCUT2D eigenvalue weighted by Gasteiger charge is -2.19. The van der Waals surface area contributed by atoms with E-state index in [4.69, 9.17) is 5.11 Å². The quantitative estimate of drug-likeness (QED) is 0.0205. The van der Waals surface area contributed by atoms with Gasteiger partial charge in [-0.1, -0.05) is 104 Å². The van der Waals surface area contributed by atoms with E-state index >= 15 is 0 Å². The highest BCUT2D eigenvalue weighted by Gasteiger charge is 2.25. The largest absolute Gasteiger partial charge is 0.624 e. The fourth-order valence-electron chi connectivity index (χ4n) is 9.20. The van der Waals surface area contributed by atoms with E-state index in [1.54, 1.807) is 37.3 Å². The zero-order valence-corrected chi connectivity index (χ0v) is 51.5. The molecule has 0 spiro atoms. The molecular formula is C66H101N9O7. The van der Waals surface area contributed by atoms with Crippen molar-refractivity contribution in [1.29, 1.82) is 0 Å². The third-order valence-corrected chi connectivity index (χ3v) is 13.9. The number of aliphatic hydroxyl groups excluding tert-OH is 1. The van der Waals surface area contributed by atoms with E-state index in [0.717, 1.165) is 153 Å². The molecule has 0 atom stereocenters. The first-order valence-corrected chi connectivity index (χ1v) is 29.3. The Kier molecular flexibility index (Phi) is 27.6. The summed E-state index contributed by atoms with van der Waals surface area (Å²) in [6.07, 6.45) is 38.0. The zero-order chi connectivity index (χ0) is 60.1. The van der Waals surface area contributed by atoms with Crippen LogP contribution in [0.3, 0.4) is 0 Å². The Morgan fingerprint density at radius 1 is 0.354 bits per heavy atom. The second-order valence-electron chi connectivity index (χ2n) is 24.6. The molecule has 1 N–H and O–H groups in total. The van der Waals surface area contributed by atoms with Crippen LogP contribution < -0.4 is 0 Å². The van der Waals surface area contributed by atoms with E-state index in [2.05, 4.69) is 39.9 Å². The lowest BCUT2D eigenvalue weighted by atomic mass is 10.0. The monoisotopic (exact) mass is 1130 g/mol. The molecule has 0 aromatic carbocycles. The van der Waals surface area contributed by atoms with Crippen molar-refractivity contribution in [1.82, 2.24) is 13.7 Å². The van der Waals surface area contributed by atoms with Crippen LogP contribution in [0.25, 0.3) is 33.4 Å². The van der Waals surface area contributed by atoms with Crippen molar-refractivity contribution in [3.05, 3.63) is 138 Å². The summed E-state index contributed by atoms with van der Waals surface area (Å²) in [5, 5.41) is 80.8. The highest BCUT2D eigenvalue weighted by atomic mass is 16.5. The maximum absolute atomic E-state index is 12.4. The Hall–Kier alpha value is -6.94. The smallest absolute Gasteiger partial charge is 0.183 e. The van der Waals surface area contributed by atoms with Crippen LogP contribution in [0.1, 0.15) is 207 Å². The van der Waals surface area contributed by atoms with Crippen LogP contribution in [0.5, 0.6) is 0 Å². The van der Waals surface area contributed by atoms with Gasteiger partial charge in [-0.25, -0.2) is 28.4 Å². The van der Waals surface area contributed by atoms with Crippen molar-refractivity contribution in [2.45, 2.75) is 210 Å². The van der Waals surface area contributed by atoms with Gasteiger partial charge in [0.2, 0.25) is 0 Å². The molecule has 0 bridgehead atoms. The van der Waals surface area contributed by atoms with Gasteiger partial charge in [0.1, 0.15) is 21.1 Å². The van der Waals surface area contributed by atoms with Crippen molar-refractivity contribution in [2.24, 2.45) is 0 Å². The van der Waals surface area contributed by atoms with Gasteiger partial charge in [0, 0.05) is 159 Å². The fourth-order valence-corrected chi connectivity index (χ4v) is 9.20. The molecule has 0 aromatic heterocycles. The van der Waals surface area contributed by atoms with Gasteiger partial charge >= 0.3 is 0 Å². The van der Waals surface area contributed by atoms with Gasteiger partial charge in [-0.05, 0) is 60.6 Å². The SMILES string of the molecule is C.C/[N+]([O-])=C/c1cn(CCCCCCO)cc2c(/C=[N+](\[O-])C(C)(C)C)ccc1-2.CCCCCCCn1cc(/C=[N+](/C)[O-])c2ccc(/C=[N+](\[O-])C(C)(C)C)c-2c1.CCCCCCCn1cc(/C=[N+](/C)[O-])c2ccc(/C=[N+](\[O-])C(C)(C)C)c-2c1. The predicted molar refractivity (Wildman–Crippen MR) is 343 cm³/mol. The number of aryl methyl sites for hydroxylation is 3. The number of hydrogen-bond acceptors (Lipinski definition) is 7. The average Bonchev–Trinajstić information content (AvgIpc) is 4.03. The zero-order valence-electron chi connectivity index (χ0n) is 51.5. The molecule has 0 saturated carbocycles. The Morgan fingerprint density at radius 2 is 0.610 bits per heavy atom. The lowest BCUT2D eigenvalue weighted by molar-refractivity contribution is -0.530. The summed E-state index contributed by atoms with van der Waals surface area (Å²) in [6, 6.07) is 11.8. The van der Waals surface area contributed by atoms with Crippen LogP contribution in [0, 0.1) is 31.2 Å². The summed E-state index contributed by atoms with van der Waals surface area (Å²) in [6.45, 7) is 24.3. The summed E-state index contributed by atoms with van der Waals surface area (Å²) >= 11 is 0. The van der Waals surface area contributed by atoms with Gasteiger partial charge in [0.15, 0.2) is 53.9 Å². The summed E-state index contributed by atoms with van der Waals surface area (Å²) in [4.78, 5) is 0. The minimum absolute atomic E-state index is 0. The van der Waals surface area contributed by atoms with E-state index in [1.165, 1.54) is 72.5 Å². The van der Waals surface area contributed by atoms with E-state index in [1.807, 2.05) is 123 Å². The number of nitrogens with zero attached hydrogens (tertiary/aromatic N) is 9. The first-order chi connectivity index (χ1) is 38.2. The highest BCUT2D eigenvalue weighted by molar-refractivity contribution is 5.99. The highest BCUT2D eigenvalue weighted by Crippen LogP contribution is 2.33. The Bertz CT molecular complexity index is 2650. The number of fused-ring (bicyclic) bond motifs is 3. The number of rotatable bonds is 24. The van der Waals surface area contributed by atoms with Gasteiger partial charge < -0.3 is 50.1 Å². The Balaban J connectivity index is 0.000000321. The maximum Gasteiger partial charge on any atom is 0.183 e. The molecule has 16 nitrogen and oxygen atoms in total. The Labute approximate surface area is 491 Å². The van der Waals surface area contributed by atoms with E-state index in [0.29, 0.717) is 0 Å². The van der Waals surface area contributed by atoms with Crippen LogP contribution in [-0.2, 0) is 19.6 Å². The maximum atomic E-state index is 12.4. The molecule has 6 aliphatic rings. The molecule has 0 aromatic rings. The molecule has 452 valence electrons. The summed E-state index contributed by atoms with van der Waals surface area (Å²) in [7, 11) is 4.44. The standard InChI is InChI=1S/2C22H33N3O2.C21H31N3O3.CH4/c2*1-6-7-8-9-10-13-24-15-19(14-23(5)26)20-12-11-18(21(20)17-24)16-25(27)22(2,3)4;1-21(2,3)24(27)15-17-9-10-19-18(13-22(4)26)14-23(16-20(17)19)11-7-5-6-8-12-25;/h2*11-12,14-17H,6-10,13H2,1-5H3;9-10,13-16,25H,5-8,11-12H2,1-4H3;1H4/b2*23-14-,25-16-;22-13-,24-15-;. The molecule has 0 saturated heterocycles. The Morgan fingerprint density at radius 3 is 0.841 bits per heavy atom. The van der Waals surface area contributed by atoms with E-state index in [9.17, 15) is 31.2 Å². The number of hydrogen-bond donors (Lipinski definition) is 1. The summed E-state index contributed by atoms with van der Waals surface area (Å²) < 4.78 is 11.8. The minimum Gasteiger partial charge on any atom is -0.624 e. The van der Waals surface area contributed by atoms with Gasteiger partial charge in [0.05, 0.1) is 16.7 Å². The summed E-state index contributed by atoms with van der Waals surface area (Å²) in [5.41, 5.74) is 9.67. The molecule has 0 fully saturated rings. The second kappa shape index (κ2) is 32.6. The fraction of sp³-hybridized carbons (Fsp3) is 0.545. The van der Waals surface area contributed by atoms with Crippen molar-refractivity contribution in [3.63, 3.8) is 0 Å². The average molecular weight is 1130 g/mol.